The zero-order chi connectivity index (χ0) is 12.3. The van der Waals surface area contributed by atoms with Gasteiger partial charge in [0.1, 0.15) is 0 Å². The zero-order valence-electron chi connectivity index (χ0n) is 11.8. The van der Waals surface area contributed by atoms with Crippen molar-refractivity contribution in [3.8, 4) is 0 Å². The molecule has 1 saturated carbocycles. The molecule has 0 aromatic carbocycles. The van der Waals surface area contributed by atoms with Gasteiger partial charge in [0.25, 0.3) is 0 Å². The molecule has 2 aliphatic rings. The quantitative estimate of drug-likeness (QED) is 0.812. The summed E-state index contributed by atoms with van der Waals surface area (Å²) in [6.07, 6.45) is 8.86. The van der Waals surface area contributed by atoms with Crippen LogP contribution < -0.4 is 5.32 Å². The minimum atomic E-state index is 0.421. The van der Waals surface area contributed by atoms with Gasteiger partial charge in [0.2, 0.25) is 0 Å². The molecule has 0 aromatic rings. The largest absolute Gasteiger partial charge is 0.378 e. The molecule has 1 aliphatic heterocycles. The maximum absolute atomic E-state index is 5.91. The van der Waals surface area contributed by atoms with Gasteiger partial charge in [-0.1, -0.05) is 33.1 Å². The van der Waals surface area contributed by atoms with Crippen LogP contribution in [0.2, 0.25) is 0 Å². The highest BCUT2D eigenvalue weighted by Crippen LogP contribution is 2.47. The summed E-state index contributed by atoms with van der Waals surface area (Å²) in [6, 6.07) is 0.586. The first-order valence-corrected chi connectivity index (χ1v) is 7.50. The molecular weight excluding hydrogens is 210 g/mol. The minimum Gasteiger partial charge on any atom is -0.378 e. The van der Waals surface area contributed by atoms with Gasteiger partial charge in [0.05, 0.1) is 6.10 Å². The summed E-state index contributed by atoms with van der Waals surface area (Å²) < 4.78 is 5.91. The lowest BCUT2D eigenvalue weighted by molar-refractivity contribution is 0.0138. The van der Waals surface area contributed by atoms with Crippen molar-refractivity contribution in [3.63, 3.8) is 0 Å². The van der Waals surface area contributed by atoms with Gasteiger partial charge in [0.15, 0.2) is 0 Å². The third-order valence-electron chi connectivity index (χ3n) is 5.00. The molecule has 0 amide bonds. The third kappa shape index (κ3) is 2.85. The van der Waals surface area contributed by atoms with Crippen molar-refractivity contribution in [2.45, 2.75) is 71.4 Å². The smallest absolute Gasteiger partial charge is 0.0618 e. The first-order chi connectivity index (χ1) is 8.15. The van der Waals surface area contributed by atoms with Crippen molar-refractivity contribution in [1.29, 1.82) is 0 Å². The highest BCUT2D eigenvalue weighted by molar-refractivity contribution is 4.97. The fraction of sp³-hybridized carbons (Fsp3) is 1.00. The molecule has 1 saturated heterocycles. The number of hydrogen-bond acceptors (Lipinski definition) is 2. The Hall–Kier alpha value is -0.0800. The fourth-order valence-electron chi connectivity index (χ4n) is 3.78. The molecule has 0 spiro atoms. The van der Waals surface area contributed by atoms with E-state index >= 15 is 0 Å². The van der Waals surface area contributed by atoms with Gasteiger partial charge in [-0.25, -0.2) is 0 Å². The Kier molecular flexibility index (Phi) is 4.48. The number of nitrogens with one attached hydrogen (secondary N) is 1. The van der Waals surface area contributed by atoms with Crippen LogP contribution >= 0.6 is 0 Å². The molecule has 2 atom stereocenters. The maximum atomic E-state index is 5.91. The maximum Gasteiger partial charge on any atom is 0.0618 e. The first kappa shape index (κ1) is 13.4. The summed E-state index contributed by atoms with van der Waals surface area (Å²) in [5.41, 5.74) is 0.421. The van der Waals surface area contributed by atoms with Crippen molar-refractivity contribution >= 4 is 0 Å². The molecule has 2 fully saturated rings. The molecule has 1 aliphatic carbocycles. The van der Waals surface area contributed by atoms with E-state index in [1.807, 2.05) is 0 Å². The van der Waals surface area contributed by atoms with Gasteiger partial charge in [0, 0.05) is 24.6 Å². The van der Waals surface area contributed by atoms with Crippen molar-refractivity contribution in [2.24, 2.45) is 11.3 Å². The lowest BCUT2D eigenvalue weighted by Gasteiger charge is -2.42. The minimum absolute atomic E-state index is 0.421. The van der Waals surface area contributed by atoms with E-state index in [4.69, 9.17) is 4.74 Å². The molecule has 0 aromatic heterocycles. The Morgan fingerprint density at radius 2 is 1.94 bits per heavy atom. The van der Waals surface area contributed by atoms with E-state index in [9.17, 15) is 0 Å². The standard InChI is InChI=1S/C15H29NO/c1-12(2)16-11-15(9-10-17-13(15)3)14-7-5-4-6-8-14/h12-14,16H,4-11H2,1-3H3. The average Bonchev–Trinajstić information content (AvgIpc) is 2.70. The second-order valence-corrected chi connectivity index (χ2v) is 6.37. The monoisotopic (exact) mass is 239 g/mol. The fourth-order valence-corrected chi connectivity index (χ4v) is 3.78. The lowest BCUT2D eigenvalue weighted by atomic mass is 9.65. The van der Waals surface area contributed by atoms with Crippen LogP contribution in [0, 0.1) is 11.3 Å². The number of hydrogen-bond donors (Lipinski definition) is 1. The van der Waals surface area contributed by atoms with E-state index in [1.165, 1.54) is 38.5 Å². The van der Waals surface area contributed by atoms with E-state index in [1.54, 1.807) is 0 Å². The molecule has 2 heteroatoms. The van der Waals surface area contributed by atoms with Crippen LogP contribution in [0.5, 0.6) is 0 Å². The summed E-state index contributed by atoms with van der Waals surface area (Å²) in [6.45, 7) is 8.90. The number of ether oxygens (including phenoxy) is 1. The summed E-state index contributed by atoms with van der Waals surface area (Å²) in [4.78, 5) is 0. The first-order valence-electron chi connectivity index (χ1n) is 7.50. The molecule has 1 N–H and O–H groups in total. The van der Waals surface area contributed by atoms with Gasteiger partial charge in [-0.05, 0) is 32.1 Å². The van der Waals surface area contributed by atoms with Gasteiger partial charge in [-0.2, -0.15) is 0 Å². The Morgan fingerprint density at radius 3 is 2.47 bits per heavy atom. The van der Waals surface area contributed by atoms with Crippen molar-refractivity contribution in [3.05, 3.63) is 0 Å². The second-order valence-electron chi connectivity index (χ2n) is 6.37. The van der Waals surface area contributed by atoms with E-state index in [0.717, 1.165) is 19.1 Å². The molecule has 0 bridgehead atoms. The van der Waals surface area contributed by atoms with Crippen LogP contribution in [-0.4, -0.2) is 25.3 Å². The Labute approximate surface area is 107 Å². The lowest BCUT2D eigenvalue weighted by Crippen LogP contribution is -2.47. The Bertz CT molecular complexity index is 235. The highest BCUT2D eigenvalue weighted by Gasteiger charge is 2.47. The van der Waals surface area contributed by atoms with Crippen LogP contribution in [-0.2, 0) is 4.74 Å². The van der Waals surface area contributed by atoms with Crippen LogP contribution in [0.3, 0.4) is 0 Å². The predicted octanol–water partition coefficient (Wildman–Crippen LogP) is 3.36. The molecule has 2 rings (SSSR count). The average molecular weight is 239 g/mol. The van der Waals surface area contributed by atoms with Crippen LogP contribution in [0.1, 0.15) is 59.3 Å². The molecule has 2 unspecified atom stereocenters. The van der Waals surface area contributed by atoms with Crippen molar-refractivity contribution < 1.29 is 4.74 Å². The Morgan fingerprint density at radius 1 is 1.24 bits per heavy atom. The van der Waals surface area contributed by atoms with Crippen molar-refractivity contribution in [1.82, 2.24) is 5.32 Å². The molecule has 2 nitrogen and oxygen atoms in total. The normalized spacial score (nSPS) is 35.6. The molecule has 17 heavy (non-hydrogen) atoms. The SMILES string of the molecule is CC(C)NCC1(C2CCCCC2)CCOC1C. The van der Waals surface area contributed by atoms with Crippen LogP contribution in [0.4, 0.5) is 0 Å². The molecule has 0 radical (unpaired) electrons. The van der Waals surface area contributed by atoms with Gasteiger partial charge in [-0.15, -0.1) is 0 Å². The van der Waals surface area contributed by atoms with Gasteiger partial charge < -0.3 is 10.1 Å². The summed E-state index contributed by atoms with van der Waals surface area (Å²) in [5, 5.41) is 3.68. The number of rotatable bonds is 4. The van der Waals surface area contributed by atoms with Crippen LogP contribution in [0.25, 0.3) is 0 Å². The van der Waals surface area contributed by atoms with E-state index in [-0.39, 0.29) is 0 Å². The zero-order valence-corrected chi connectivity index (χ0v) is 11.8. The van der Waals surface area contributed by atoms with Crippen molar-refractivity contribution in [2.75, 3.05) is 13.2 Å². The summed E-state index contributed by atoms with van der Waals surface area (Å²) in [7, 11) is 0. The van der Waals surface area contributed by atoms with E-state index < -0.39 is 0 Å². The molecular formula is C15H29NO. The molecule has 100 valence electrons. The third-order valence-corrected chi connectivity index (χ3v) is 5.00. The summed E-state index contributed by atoms with van der Waals surface area (Å²) in [5.74, 6) is 0.889. The predicted molar refractivity (Wildman–Crippen MR) is 72.2 cm³/mol. The van der Waals surface area contributed by atoms with Gasteiger partial charge >= 0.3 is 0 Å². The summed E-state index contributed by atoms with van der Waals surface area (Å²) >= 11 is 0. The van der Waals surface area contributed by atoms with Gasteiger partial charge in [-0.3, -0.25) is 0 Å². The van der Waals surface area contributed by atoms with Crippen LogP contribution in [0.15, 0.2) is 0 Å². The highest BCUT2D eigenvalue weighted by atomic mass is 16.5. The molecule has 1 heterocycles. The Balaban J connectivity index is 2.05. The van der Waals surface area contributed by atoms with E-state index in [0.29, 0.717) is 17.6 Å². The van der Waals surface area contributed by atoms with E-state index in [2.05, 4.69) is 26.1 Å². The topological polar surface area (TPSA) is 21.3 Å². The second kappa shape index (κ2) is 5.71.